The molecule has 1 aliphatic heterocycles. The summed E-state index contributed by atoms with van der Waals surface area (Å²) in [6.07, 6.45) is 0.534. The normalized spacial score (nSPS) is 18.2. The number of halogens is 1. The summed E-state index contributed by atoms with van der Waals surface area (Å²) in [6, 6.07) is 0. The summed E-state index contributed by atoms with van der Waals surface area (Å²) >= 11 is 3.18. The molecule has 1 heterocycles. The lowest BCUT2D eigenvalue weighted by Crippen LogP contribution is -2.39. The Morgan fingerprint density at radius 1 is 1.58 bits per heavy atom. The van der Waals surface area contributed by atoms with E-state index in [9.17, 15) is 9.59 Å². The van der Waals surface area contributed by atoms with E-state index in [1.807, 2.05) is 0 Å². The van der Waals surface area contributed by atoms with Gasteiger partial charge in [-0.05, 0) is 0 Å². The van der Waals surface area contributed by atoms with Gasteiger partial charge in [0.25, 0.3) is 0 Å². The molecule has 1 amide bonds. The third-order valence-electron chi connectivity index (χ3n) is 1.72. The van der Waals surface area contributed by atoms with Gasteiger partial charge in [0.15, 0.2) is 0 Å². The average Bonchev–Trinajstić information content (AvgIpc) is 1.94. The van der Waals surface area contributed by atoms with Gasteiger partial charge in [-0.3, -0.25) is 9.59 Å². The lowest BCUT2D eigenvalue weighted by Gasteiger charge is -2.25. The van der Waals surface area contributed by atoms with Crippen molar-refractivity contribution in [3.8, 4) is 0 Å². The number of rotatable bonds is 2. The van der Waals surface area contributed by atoms with E-state index in [1.165, 1.54) is 0 Å². The molecule has 1 saturated heterocycles. The second-order valence-electron chi connectivity index (χ2n) is 2.80. The zero-order valence-electron chi connectivity index (χ0n) is 6.68. The maximum absolute atomic E-state index is 11.2. The smallest absolute Gasteiger partial charge is 0.230 e. The number of likely N-dealkylation sites (tertiary alicyclic amines) is 1. The topological polar surface area (TPSA) is 37.4 Å². The summed E-state index contributed by atoms with van der Waals surface area (Å²) in [5, 5.41) is 0. The summed E-state index contributed by atoms with van der Waals surface area (Å²) in [6.45, 7) is 4.68. The Bertz CT molecular complexity index is 237. The minimum Gasteiger partial charge on any atom is -0.337 e. The molecular formula is C8H10BrNO2. The molecule has 1 aliphatic rings. The molecule has 1 rings (SSSR count). The van der Waals surface area contributed by atoms with Crippen molar-refractivity contribution in [1.29, 1.82) is 0 Å². The van der Waals surface area contributed by atoms with Gasteiger partial charge in [0.2, 0.25) is 5.91 Å². The standard InChI is InChI=1S/C8H10BrNO2/c1-6(9)5-10-3-2-7(11)4-8(10)12/h1-5H2. The number of ketones is 1. The van der Waals surface area contributed by atoms with Crippen LogP contribution in [-0.4, -0.2) is 29.7 Å². The molecule has 1 fully saturated rings. The molecule has 0 aromatic carbocycles. The molecule has 0 atom stereocenters. The first-order chi connectivity index (χ1) is 5.59. The summed E-state index contributed by atoms with van der Waals surface area (Å²) in [7, 11) is 0. The summed E-state index contributed by atoms with van der Waals surface area (Å²) < 4.78 is 0.769. The number of piperidine rings is 1. The summed E-state index contributed by atoms with van der Waals surface area (Å²) in [5.74, 6) is -0.0525. The van der Waals surface area contributed by atoms with Gasteiger partial charge in [0.1, 0.15) is 5.78 Å². The number of amides is 1. The van der Waals surface area contributed by atoms with Crippen LogP contribution in [0.2, 0.25) is 0 Å². The van der Waals surface area contributed by atoms with E-state index < -0.39 is 0 Å². The molecule has 3 nitrogen and oxygen atoms in total. The Morgan fingerprint density at radius 2 is 2.25 bits per heavy atom. The highest BCUT2D eigenvalue weighted by molar-refractivity contribution is 9.11. The van der Waals surface area contributed by atoms with Crippen molar-refractivity contribution < 1.29 is 9.59 Å². The van der Waals surface area contributed by atoms with E-state index in [4.69, 9.17) is 0 Å². The van der Waals surface area contributed by atoms with E-state index in [0.717, 1.165) is 4.48 Å². The number of carbonyl (C=O) groups excluding carboxylic acids is 2. The van der Waals surface area contributed by atoms with Crippen LogP contribution in [0.1, 0.15) is 12.8 Å². The first-order valence-corrected chi connectivity index (χ1v) is 4.51. The Kier molecular flexibility index (Phi) is 3.03. The zero-order chi connectivity index (χ0) is 9.14. The quantitative estimate of drug-likeness (QED) is 0.668. The number of carbonyl (C=O) groups is 2. The largest absolute Gasteiger partial charge is 0.337 e. The molecule has 66 valence electrons. The molecule has 0 aromatic heterocycles. The van der Waals surface area contributed by atoms with Crippen molar-refractivity contribution in [1.82, 2.24) is 4.90 Å². The Labute approximate surface area is 79.5 Å². The van der Waals surface area contributed by atoms with Gasteiger partial charge in [0, 0.05) is 17.4 Å². The fourth-order valence-corrected chi connectivity index (χ4v) is 1.43. The van der Waals surface area contributed by atoms with Crippen molar-refractivity contribution in [2.75, 3.05) is 13.1 Å². The number of nitrogens with zero attached hydrogens (tertiary/aromatic N) is 1. The molecule has 0 aliphatic carbocycles. The SMILES string of the molecule is C=C(Br)CN1CCC(=O)CC1=O. The van der Waals surface area contributed by atoms with Crippen LogP contribution in [0.15, 0.2) is 11.1 Å². The first kappa shape index (κ1) is 9.45. The van der Waals surface area contributed by atoms with Gasteiger partial charge < -0.3 is 4.90 Å². The lowest BCUT2D eigenvalue weighted by molar-refractivity contribution is -0.138. The van der Waals surface area contributed by atoms with Gasteiger partial charge in [-0.2, -0.15) is 0 Å². The third kappa shape index (κ3) is 2.44. The minimum absolute atomic E-state index is 0.0384. The highest BCUT2D eigenvalue weighted by Gasteiger charge is 2.23. The Balaban J connectivity index is 2.51. The fourth-order valence-electron chi connectivity index (χ4n) is 1.13. The molecule has 0 bridgehead atoms. The lowest BCUT2D eigenvalue weighted by atomic mass is 10.1. The zero-order valence-corrected chi connectivity index (χ0v) is 8.26. The first-order valence-electron chi connectivity index (χ1n) is 3.72. The van der Waals surface area contributed by atoms with Crippen molar-refractivity contribution in [3.63, 3.8) is 0 Å². The van der Waals surface area contributed by atoms with Crippen molar-refractivity contribution in [2.45, 2.75) is 12.8 Å². The molecule has 0 unspecified atom stereocenters. The fraction of sp³-hybridized carbons (Fsp3) is 0.500. The summed E-state index contributed by atoms with van der Waals surface area (Å²) in [5.41, 5.74) is 0. The number of hydrogen-bond acceptors (Lipinski definition) is 2. The van der Waals surface area contributed by atoms with Gasteiger partial charge in [-0.1, -0.05) is 22.5 Å². The van der Waals surface area contributed by atoms with Crippen molar-refractivity contribution in [3.05, 3.63) is 11.1 Å². The molecule has 0 saturated carbocycles. The van der Waals surface area contributed by atoms with Gasteiger partial charge in [0.05, 0.1) is 13.0 Å². The van der Waals surface area contributed by atoms with E-state index >= 15 is 0 Å². The highest BCUT2D eigenvalue weighted by atomic mass is 79.9. The van der Waals surface area contributed by atoms with Crippen LogP contribution in [-0.2, 0) is 9.59 Å². The van der Waals surface area contributed by atoms with Crippen LogP contribution < -0.4 is 0 Å². The van der Waals surface area contributed by atoms with Gasteiger partial charge >= 0.3 is 0 Å². The predicted octanol–water partition coefficient (Wildman–Crippen LogP) is 1.09. The highest BCUT2D eigenvalue weighted by Crippen LogP contribution is 2.11. The predicted molar refractivity (Wildman–Crippen MR) is 48.9 cm³/mol. The number of Topliss-reactive ketones (excluding diaryl/α,β-unsaturated/α-hetero) is 1. The molecule has 0 radical (unpaired) electrons. The van der Waals surface area contributed by atoms with Crippen LogP contribution in [0, 0.1) is 0 Å². The Morgan fingerprint density at radius 3 is 2.75 bits per heavy atom. The van der Waals surface area contributed by atoms with Gasteiger partial charge in [-0.15, -0.1) is 0 Å². The van der Waals surface area contributed by atoms with Crippen LogP contribution in [0.25, 0.3) is 0 Å². The minimum atomic E-state index is -0.0909. The Hall–Kier alpha value is -0.640. The van der Waals surface area contributed by atoms with Gasteiger partial charge in [-0.25, -0.2) is 0 Å². The van der Waals surface area contributed by atoms with Crippen molar-refractivity contribution in [2.24, 2.45) is 0 Å². The molecule has 0 N–H and O–H groups in total. The molecule has 12 heavy (non-hydrogen) atoms. The maximum Gasteiger partial charge on any atom is 0.230 e. The molecule has 0 aromatic rings. The average molecular weight is 232 g/mol. The third-order valence-corrected chi connectivity index (χ3v) is 1.97. The van der Waals surface area contributed by atoms with Crippen molar-refractivity contribution >= 4 is 27.6 Å². The van der Waals surface area contributed by atoms with Crippen LogP contribution in [0.5, 0.6) is 0 Å². The number of hydrogen-bond donors (Lipinski definition) is 0. The van der Waals surface area contributed by atoms with E-state index in [2.05, 4.69) is 22.5 Å². The molecule has 4 heteroatoms. The second kappa shape index (κ2) is 3.85. The molecule has 0 spiro atoms. The second-order valence-corrected chi connectivity index (χ2v) is 3.92. The van der Waals surface area contributed by atoms with Crippen LogP contribution in [0.3, 0.4) is 0 Å². The van der Waals surface area contributed by atoms with Crippen LogP contribution in [0.4, 0.5) is 0 Å². The maximum atomic E-state index is 11.2. The van der Waals surface area contributed by atoms with E-state index in [0.29, 0.717) is 19.5 Å². The monoisotopic (exact) mass is 231 g/mol. The van der Waals surface area contributed by atoms with Crippen LogP contribution >= 0.6 is 15.9 Å². The van der Waals surface area contributed by atoms with E-state index in [1.54, 1.807) is 4.90 Å². The molecular weight excluding hydrogens is 222 g/mol. The van der Waals surface area contributed by atoms with E-state index in [-0.39, 0.29) is 18.1 Å². The summed E-state index contributed by atoms with van der Waals surface area (Å²) in [4.78, 5) is 23.6.